The van der Waals surface area contributed by atoms with Gasteiger partial charge in [-0.15, -0.1) is 0 Å². The van der Waals surface area contributed by atoms with Crippen molar-refractivity contribution in [2.24, 2.45) is 0 Å². The number of para-hydroxylation sites is 2. The SMILES string of the molecule is C[C@@H]1C(=O)N(C)c2ccccc2N1C1CCCC1. The maximum atomic E-state index is 12.3. The molecule has 0 radical (unpaired) electrons. The third-order valence-corrected chi connectivity index (χ3v) is 4.34. The summed E-state index contributed by atoms with van der Waals surface area (Å²) >= 11 is 0. The minimum atomic E-state index is -0.0343. The maximum Gasteiger partial charge on any atom is 0.249 e. The van der Waals surface area contributed by atoms with Gasteiger partial charge in [0.05, 0.1) is 11.4 Å². The fourth-order valence-corrected chi connectivity index (χ4v) is 3.39. The molecule has 96 valence electrons. The Hall–Kier alpha value is -1.51. The van der Waals surface area contributed by atoms with Gasteiger partial charge >= 0.3 is 0 Å². The molecular formula is C15H20N2O. The molecule has 0 spiro atoms. The highest BCUT2D eigenvalue weighted by Crippen LogP contribution is 2.39. The smallest absolute Gasteiger partial charge is 0.249 e. The molecule has 18 heavy (non-hydrogen) atoms. The summed E-state index contributed by atoms with van der Waals surface area (Å²) in [6.45, 7) is 2.03. The van der Waals surface area contributed by atoms with E-state index in [4.69, 9.17) is 0 Å². The number of benzene rings is 1. The third-order valence-electron chi connectivity index (χ3n) is 4.34. The standard InChI is InChI=1S/C15H20N2O/c1-11-15(18)16(2)13-9-5-6-10-14(13)17(11)12-7-3-4-8-12/h5-6,9-12H,3-4,7-8H2,1-2H3/t11-/m1/s1. The van der Waals surface area contributed by atoms with Crippen LogP contribution >= 0.6 is 0 Å². The molecule has 0 unspecified atom stereocenters. The molecule has 1 heterocycles. The normalized spacial score (nSPS) is 24.6. The van der Waals surface area contributed by atoms with Crippen LogP contribution < -0.4 is 9.80 Å². The van der Waals surface area contributed by atoms with Crippen LogP contribution in [0.25, 0.3) is 0 Å². The molecule has 1 aromatic rings. The van der Waals surface area contributed by atoms with E-state index in [1.54, 1.807) is 4.90 Å². The van der Waals surface area contributed by atoms with Gasteiger partial charge in [0, 0.05) is 13.1 Å². The number of carbonyl (C=O) groups excluding carboxylic acids is 1. The van der Waals surface area contributed by atoms with E-state index < -0.39 is 0 Å². The Bertz CT molecular complexity index is 465. The van der Waals surface area contributed by atoms with Crippen LogP contribution in [0.15, 0.2) is 24.3 Å². The first-order valence-corrected chi connectivity index (χ1v) is 6.85. The second-order valence-electron chi connectivity index (χ2n) is 5.41. The summed E-state index contributed by atoms with van der Waals surface area (Å²) in [5.41, 5.74) is 2.27. The molecule has 3 nitrogen and oxygen atoms in total. The topological polar surface area (TPSA) is 23.6 Å². The van der Waals surface area contributed by atoms with Crippen molar-refractivity contribution in [2.45, 2.75) is 44.7 Å². The quantitative estimate of drug-likeness (QED) is 0.758. The van der Waals surface area contributed by atoms with Crippen molar-refractivity contribution in [1.82, 2.24) is 0 Å². The van der Waals surface area contributed by atoms with E-state index in [0.717, 1.165) is 5.69 Å². The number of fused-ring (bicyclic) bond motifs is 1. The van der Waals surface area contributed by atoms with E-state index in [-0.39, 0.29) is 11.9 Å². The van der Waals surface area contributed by atoms with Gasteiger partial charge in [-0.3, -0.25) is 4.79 Å². The zero-order valence-electron chi connectivity index (χ0n) is 11.1. The van der Waals surface area contributed by atoms with E-state index >= 15 is 0 Å². The first-order valence-electron chi connectivity index (χ1n) is 6.85. The van der Waals surface area contributed by atoms with Gasteiger partial charge in [0.15, 0.2) is 0 Å². The average Bonchev–Trinajstić information content (AvgIpc) is 2.90. The number of amides is 1. The van der Waals surface area contributed by atoms with E-state index in [1.807, 2.05) is 26.1 Å². The first kappa shape index (κ1) is 11.6. The number of carbonyl (C=O) groups is 1. The van der Waals surface area contributed by atoms with Crippen LogP contribution in [0.3, 0.4) is 0 Å². The lowest BCUT2D eigenvalue weighted by molar-refractivity contribution is -0.119. The molecule has 2 aliphatic rings. The molecule has 0 bridgehead atoms. The van der Waals surface area contributed by atoms with Crippen LogP contribution in [0.5, 0.6) is 0 Å². The molecule has 1 aliphatic heterocycles. The molecule has 0 aromatic heterocycles. The monoisotopic (exact) mass is 244 g/mol. The van der Waals surface area contributed by atoms with Gasteiger partial charge in [-0.05, 0) is 31.9 Å². The minimum absolute atomic E-state index is 0.0343. The Kier molecular flexibility index (Phi) is 2.77. The Morgan fingerprint density at radius 2 is 1.72 bits per heavy atom. The predicted octanol–water partition coefficient (Wildman–Crippen LogP) is 2.80. The molecule has 0 saturated heterocycles. The first-order chi connectivity index (χ1) is 8.70. The molecule has 3 heteroatoms. The average molecular weight is 244 g/mol. The van der Waals surface area contributed by atoms with Crippen molar-refractivity contribution < 1.29 is 4.79 Å². The van der Waals surface area contributed by atoms with Gasteiger partial charge in [-0.1, -0.05) is 25.0 Å². The number of rotatable bonds is 1. The van der Waals surface area contributed by atoms with Gasteiger partial charge in [-0.2, -0.15) is 0 Å². The summed E-state index contributed by atoms with van der Waals surface area (Å²) in [4.78, 5) is 16.5. The maximum absolute atomic E-state index is 12.3. The van der Waals surface area contributed by atoms with Gasteiger partial charge in [0.25, 0.3) is 0 Å². The molecule has 1 aliphatic carbocycles. The van der Waals surface area contributed by atoms with Crippen LogP contribution in [0.2, 0.25) is 0 Å². The summed E-state index contributed by atoms with van der Waals surface area (Å²) in [6, 6.07) is 8.77. The number of nitrogens with zero attached hydrogens (tertiary/aromatic N) is 2. The van der Waals surface area contributed by atoms with Gasteiger partial charge in [0.2, 0.25) is 5.91 Å². The van der Waals surface area contributed by atoms with Gasteiger partial charge in [-0.25, -0.2) is 0 Å². The predicted molar refractivity (Wildman–Crippen MR) is 74.0 cm³/mol. The van der Waals surface area contributed by atoms with E-state index in [9.17, 15) is 4.79 Å². The summed E-state index contributed by atoms with van der Waals surface area (Å²) in [6.07, 6.45) is 5.02. The summed E-state index contributed by atoms with van der Waals surface area (Å²) < 4.78 is 0. The highest BCUT2D eigenvalue weighted by atomic mass is 16.2. The Morgan fingerprint density at radius 3 is 2.39 bits per heavy atom. The molecular weight excluding hydrogens is 224 g/mol. The lowest BCUT2D eigenvalue weighted by Gasteiger charge is -2.43. The Balaban J connectivity index is 2.06. The number of hydrogen-bond acceptors (Lipinski definition) is 2. The van der Waals surface area contributed by atoms with Gasteiger partial charge < -0.3 is 9.80 Å². The molecule has 1 fully saturated rings. The summed E-state index contributed by atoms with van der Waals surface area (Å²) in [5.74, 6) is 0.209. The third kappa shape index (κ3) is 1.61. The molecule has 0 N–H and O–H groups in total. The molecule has 1 aromatic carbocycles. The van der Waals surface area contributed by atoms with Crippen LogP contribution in [0.4, 0.5) is 11.4 Å². The molecule has 1 atom stereocenters. The fourth-order valence-electron chi connectivity index (χ4n) is 3.39. The van der Waals surface area contributed by atoms with Crippen LogP contribution in [0.1, 0.15) is 32.6 Å². The van der Waals surface area contributed by atoms with Gasteiger partial charge in [0.1, 0.15) is 6.04 Å². The molecule has 1 amide bonds. The zero-order valence-corrected chi connectivity index (χ0v) is 11.1. The van der Waals surface area contributed by atoms with Crippen molar-refractivity contribution in [3.63, 3.8) is 0 Å². The second-order valence-corrected chi connectivity index (χ2v) is 5.41. The lowest BCUT2D eigenvalue weighted by Crippen LogP contribution is -2.54. The second kappa shape index (κ2) is 4.30. The Labute approximate surface area is 108 Å². The largest absolute Gasteiger partial charge is 0.355 e. The van der Waals surface area contributed by atoms with E-state index in [2.05, 4.69) is 17.0 Å². The Morgan fingerprint density at radius 1 is 1.11 bits per heavy atom. The lowest BCUT2D eigenvalue weighted by atomic mass is 10.0. The highest BCUT2D eigenvalue weighted by Gasteiger charge is 2.37. The van der Waals surface area contributed by atoms with E-state index in [0.29, 0.717) is 6.04 Å². The van der Waals surface area contributed by atoms with Crippen molar-refractivity contribution >= 4 is 17.3 Å². The van der Waals surface area contributed by atoms with Crippen molar-refractivity contribution in [2.75, 3.05) is 16.8 Å². The summed E-state index contributed by atoms with van der Waals surface area (Å²) in [7, 11) is 1.88. The van der Waals surface area contributed by atoms with Crippen LogP contribution in [0, 0.1) is 0 Å². The van der Waals surface area contributed by atoms with E-state index in [1.165, 1.54) is 31.4 Å². The van der Waals surface area contributed by atoms with Crippen molar-refractivity contribution in [3.8, 4) is 0 Å². The number of hydrogen-bond donors (Lipinski definition) is 0. The summed E-state index contributed by atoms with van der Waals surface area (Å²) in [5, 5.41) is 0. The van der Waals surface area contributed by atoms with Crippen molar-refractivity contribution in [1.29, 1.82) is 0 Å². The van der Waals surface area contributed by atoms with Crippen LogP contribution in [-0.4, -0.2) is 25.0 Å². The number of likely N-dealkylation sites (N-methyl/N-ethyl adjacent to an activating group) is 1. The molecule has 3 rings (SSSR count). The zero-order chi connectivity index (χ0) is 12.7. The van der Waals surface area contributed by atoms with Crippen molar-refractivity contribution in [3.05, 3.63) is 24.3 Å². The number of anilines is 2. The fraction of sp³-hybridized carbons (Fsp3) is 0.533. The minimum Gasteiger partial charge on any atom is -0.355 e. The van der Waals surface area contributed by atoms with Crippen LogP contribution in [-0.2, 0) is 4.79 Å². The molecule has 1 saturated carbocycles. The highest BCUT2D eigenvalue weighted by molar-refractivity contribution is 6.05.